The van der Waals surface area contributed by atoms with Gasteiger partial charge >= 0.3 is 0 Å². The second-order valence-electron chi connectivity index (χ2n) is 5.40. The molecule has 1 aromatic carbocycles. The predicted molar refractivity (Wildman–Crippen MR) is 86.2 cm³/mol. The van der Waals surface area contributed by atoms with E-state index in [-0.39, 0.29) is 17.5 Å². The highest BCUT2D eigenvalue weighted by Crippen LogP contribution is 2.30. The first-order valence-corrected chi connectivity index (χ1v) is 8.91. The zero-order chi connectivity index (χ0) is 16.4. The molecule has 1 saturated heterocycles. The van der Waals surface area contributed by atoms with Crippen molar-refractivity contribution < 1.29 is 12.8 Å². The fraction of sp³-hybridized carbons (Fsp3) is 0.333. The SMILES string of the molecule is CC(Nc1ccc(F)c(N2CCCS2(=O)=O)c1)c1cnccn1. The molecule has 1 atom stereocenters. The first kappa shape index (κ1) is 15.7. The maximum atomic E-state index is 14.1. The lowest BCUT2D eigenvalue weighted by atomic mass is 10.2. The summed E-state index contributed by atoms with van der Waals surface area (Å²) in [6.07, 6.45) is 5.34. The summed E-state index contributed by atoms with van der Waals surface area (Å²) in [7, 11) is -3.42. The summed E-state index contributed by atoms with van der Waals surface area (Å²) in [4.78, 5) is 8.22. The maximum Gasteiger partial charge on any atom is 0.235 e. The van der Waals surface area contributed by atoms with E-state index in [2.05, 4.69) is 15.3 Å². The fourth-order valence-corrected chi connectivity index (χ4v) is 4.12. The summed E-state index contributed by atoms with van der Waals surface area (Å²) < 4.78 is 39.2. The highest BCUT2D eigenvalue weighted by Gasteiger charge is 2.30. The third kappa shape index (κ3) is 3.26. The van der Waals surface area contributed by atoms with Crippen molar-refractivity contribution in [2.75, 3.05) is 21.9 Å². The summed E-state index contributed by atoms with van der Waals surface area (Å²) in [5.41, 5.74) is 1.45. The Morgan fingerprint density at radius 1 is 1.35 bits per heavy atom. The van der Waals surface area contributed by atoms with Crippen LogP contribution in [-0.4, -0.2) is 30.7 Å². The van der Waals surface area contributed by atoms with Gasteiger partial charge in [-0.05, 0) is 31.5 Å². The molecule has 8 heteroatoms. The molecule has 23 heavy (non-hydrogen) atoms. The van der Waals surface area contributed by atoms with Crippen molar-refractivity contribution in [3.63, 3.8) is 0 Å². The van der Waals surface area contributed by atoms with Gasteiger partial charge in [0, 0.05) is 24.6 Å². The number of halogens is 1. The number of nitrogens with one attached hydrogen (secondary N) is 1. The first-order valence-electron chi connectivity index (χ1n) is 7.30. The van der Waals surface area contributed by atoms with Crippen LogP contribution in [0.4, 0.5) is 15.8 Å². The molecular formula is C15H17FN4O2S. The Morgan fingerprint density at radius 2 is 2.17 bits per heavy atom. The van der Waals surface area contributed by atoms with Gasteiger partial charge in [0.1, 0.15) is 5.82 Å². The number of anilines is 2. The van der Waals surface area contributed by atoms with E-state index in [4.69, 9.17) is 0 Å². The van der Waals surface area contributed by atoms with Crippen LogP contribution in [0.1, 0.15) is 25.1 Å². The standard InChI is InChI=1S/C15H17FN4O2S/c1-11(14-10-17-5-6-18-14)19-12-3-4-13(16)15(9-12)20-7-2-8-23(20,21)22/h3-6,9-11,19H,2,7-8H2,1H3. The Balaban J connectivity index is 1.86. The molecule has 1 fully saturated rings. The van der Waals surface area contributed by atoms with Crippen LogP contribution in [0, 0.1) is 5.82 Å². The highest BCUT2D eigenvalue weighted by atomic mass is 32.2. The molecule has 0 aliphatic carbocycles. The van der Waals surface area contributed by atoms with E-state index in [1.807, 2.05) is 6.92 Å². The Labute approximate surface area is 134 Å². The van der Waals surface area contributed by atoms with Crippen molar-refractivity contribution in [2.24, 2.45) is 0 Å². The van der Waals surface area contributed by atoms with E-state index in [0.29, 0.717) is 18.7 Å². The van der Waals surface area contributed by atoms with Gasteiger partial charge in [0.2, 0.25) is 10.0 Å². The zero-order valence-electron chi connectivity index (χ0n) is 12.6. The molecule has 0 radical (unpaired) electrons. The van der Waals surface area contributed by atoms with E-state index in [0.717, 1.165) is 10.00 Å². The average Bonchev–Trinajstić information content (AvgIpc) is 2.89. The van der Waals surface area contributed by atoms with E-state index in [1.165, 1.54) is 12.1 Å². The van der Waals surface area contributed by atoms with Gasteiger partial charge in [-0.15, -0.1) is 0 Å². The molecule has 122 valence electrons. The lowest BCUT2D eigenvalue weighted by Gasteiger charge is -2.20. The lowest BCUT2D eigenvalue weighted by molar-refractivity contribution is 0.595. The molecule has 3 rings (SSSR count). The van der Waals surface area contributed by atoms with Crippen LogP contribution < -0.4 is 9.62 Å². The van der Waals surface area contributed by atoms with Crippen molar-refractivity contribution in [3.8, 4) is 0 Å². The molecule has 2 heterocycles. The van der Waals surface area contributed by atoms with Crippen LogP contribution in [0.25, 0.3) is 0 Å². The zero-order valence-corrected chi connectivity index (χ0v) is 13.4. The van der Waals surface area contributed by atoms with Crippen LogP contribution in [0.5, 0.6) is 0 Å². The van der Waals surface area contributed by atoms with Gasteiger partial charge in [0.15, 0.2) is 0 Å². The predicted octanol–water partition coefficient (Wildman–Crippen LogP) is 2.33. The minimum atomic E-state index is -3.42. The summed E-state index contributed by atoms with van der Waals surface area (Å²) in [6, 6.07) is 4.23. The molecule has 0 spiro atoms. The Bertz CT molecular complexity index is 798. The van der Waals surface area contributed by atoms with E-state index in [1.54, 1.807) is 24.7 Å². The average molecular weight is 336 g/mol. The van der Waals surface area contributed by atoms with Gasteiger partial charge in [-0.25, -0.2) is 12.8 Å². The summed E-state index contributed by atoms with van der Waals surface area (Å²) >= 11 is 0. The van der Waals surface area contributed by atoms with Crippen molar-refractivity contribution in [1.82, 2.24) is 9.97 Å². The second kappa shape index (κ2) is 6.11. The maximum absolute atomic E-state index is 14.1. The molecule has 0 bridgehead atoms. The largest absolute Gasteiger partial charge is 0.377 e. The minimum absolute atomic E-state index is 0.0557. The van der Waals surface area contributed by atoms with E-state index >= 15 is 0 Å². The van der Waals surface area contributed by atoms with Crippen LogP contribution >= 0.6 is 0 Å². The molecule has 1 aliphatic heterocycles. The summed E-state index contributed by atoms with van der Waals surface area (Å²) in [5, 5.41) is 3.19. The summed E-state index contributed by atoms with van der Waals surface area (Å²) in [6.45, 7) is 2.21. The number of sulfonamides is 1. The number of aromatic nitrogens is 2. The smallest absolute Gasteiger partial charge is 0.235 e. The van der Waals surface area contributed by atoms with Crippen LogP contribution in [0.15, 0.2) is 36.8 Å². The minimum Gasteiger partial charge on any atom is -0.377 e. The molecule has 0 saturated carbocycles. The number of hydrogen-bond donors (Lipinski definition) is 1. The molecule has 2 aromatic rings. The van der Waals surface area contributed by atoms with Crippen LogP contribution in [-0.2, 0) is 10.0 Å². The highest BCUT2D eigenvalue weighted by molar-refractivity contribution is 7.93. The van der Waals surface area contributed by atoms with Crippen molar-refractivity contribution in [2.45, 2.75) is 19.4 Å². The number of nitrogens with zero attached hydrogens (tertiary/aromatic N) is 3. The molecule has 1 N–H and O–H groups in total. The topological polar surface area (TPSA) is 75.2 Å². The van der Waals surface area contributed by atoms with Crippen molar-refractivity contribution in [3.05, 3.63) is 48.3 Å². The normalized spacial score (nSPS) is 17.9. The lowest BCUT2D eigenvalue weighted by Crippen LogP contribution is -2.26. The Hall–Kier alpha value is -2.22. The van der Waals surface area contributed by atoms with Gasteiger partial charge in [-0.2, -0.15) is 0 Å². The van der Waals surface area contributed by atoms with E-state index in [9.17, 15) is 12.8 Å². The first-order chi connectivity index (χ1) is 11.0. The second-order valence-corrected chi connectivity index (χ2v) is 7.42. The molecule has 1 aromatic heterocycles. The van der Waals surface area contributed by atoms with E-state index < -0.39 is 15.8 Å². The summed E-state index contributed by atoms with van der Waals surface area (Å²) in [5.74, 6) is -0.492. The van der Waals surface area contributed by atoms with Gasteiger partial charge in [-0.1, -0.05) is 0 Å². The van der Waals surface area contributed by atoms with Gasteiger partial charge < -0.3 is 5.32 Å². The van der Waals surface area contributed by atoms with Crippen LogP contribution in [0.3, 0.4) is 0 Å². The molecular weight excluding hydrogens is 319 g/mol. The molecule has 1 unspecified atom stereocenters. The quantitative estimate of drug-likeness (QED) is 0.927. The van der Waals surface area contributed by atoms with Gasteiger partial charge in [0.25, 0.3) is 0 Å². The van der Waals surface area contributed by atoms with Crippen LogP contribution in [0.2, 0.25) is 0 Å². The third-order valence-corrected chi connectivity index (χ3v) is 5.58. The number of rotatable bonds is 4. The number of hydrogen-bond acceptors (Lipinski definition) is 5. The van der Waals surface area contributed by atoms with Gasteiger partial charge in [0.05, 0.1) is 29.4 Å². The van der Waals surface area contributed by atoms with Crippen molar-refractivity contribution in [1.29, 1.82) is 0 Å². The van der Waals surface area contributed by atoms with Crippen molar-refractivity contribution >= 4 is 21.4 Å². The Morgan fingerprint density at radius 3 is 2.83 bits per heavy atom. The number of benzene rings is 1. The fourth-order valence-electron chi connectivity index (χ4n) is 2.56. The Kier molecular flexibility index (Phi) is 4.16. The third-order valence-electron chi connectivity index (χ3n) is 3.72. The molecule has 0 amide bonds. The monoisotopic (exact) mass is 336 g/mol. The molecule has 6 nitrogen and oxygen atoms in total. The van der Waals surface area contributed by atoms with Gasteiger partial charge in [-0.3, -0.25) is 14.3 Å². The molecule has 1 aliphatic rings.